The van der Waals surface area contributed by atoms with Crippen molar-refractivity contribution in [2.75, 3.05) is 6.54 Å². The van der Waals surface area contributed by atoms with E-state index in [2.05, 4.69) is 12.1 Å². The number of carboxylic acid groups (broad SMARTS) is 1. The molecule has 2 aromatic rings. The lowest BCUT2D eigenvalue weighted by Gasteiger charge is -2.04. The number of carbonyl (C=O) groups is 1. The summed E-state index contributed by atoms with van der Waals surface area (Å²) in [6.07, 6.45) is 1.37. The van der Waals surface area contributed by atoms with Gasteiger partial charge in [-0.3, -0.25) is 4.79 Å². The Hall–Kier alpha value is -2.17. The Morgan fingerprint density at radius 3 is 1.86 bits per heavy atom. The second kappa shape index (κ2) is 9.69. The highest BCUT2D eigenvalue weighted by molar-refractivity contribution is 5.73. The van der Waals surface area contributed by atoms with Crippen LogP contribution in [0.25, 0.3) is 0 Å². The number of nitrogens with two attached hydrogens (primary N) is 2. The van der Waals surface area contributed by atoms with Crippen LogP contribution in [0.1, 0.15) is 11.1 Å². The van der Waals surface area contributed by atoms with E-state index in [9.17, 15) is 4.79 Å². The molecule has 0 heterocycles. The minimum absolute atomic E-state index is 0.385. The zero-order valence-corrected chi connectivity index (χ0v) is 12.0. The second-order valence-electron chi connectivity index (χ2n) is 4.66. The molecule has 0 aliphatic heterocycles. The van der Waals surface area contributed by atoms with Gasteiger partial charge < -0.3 is 16.6 Å². The van der Waals surface area contributed by atoms with E-state index in [1.807, 2.05) is 48.5 Å². The van der Waals surface area contributed by atoms with Crippen LogP contribution >= 0.6 is 0 Å². The molecule has 112 valence electrons. The summed E-state index contributed by atoms with van der Waals surface area (Å²) in [6, 6.07) is 18.8. The van der Waals surface area contributed by atoms with Gasteiger partial charge in [0.25, 0.3) is 0 Å². The molecule has 0 saturated heterocycles. The molecule has 0 bridgehead atoms. The van der Waals surface area contributed by atoms with Gasteiger partial charge in [-0.25, -0.2) is 0 Å². The molecule has 0 spiro atoms. The summed E-state index contributed by atoms with van der Waals surface area (Å²) in [5.74, 6) is -0.959. The molecule has 0 aromatic heterocycles. The highest BCUT2D eigenvalue weighted by Crippen LogP contribution is 2.01. The zero-order valence-electron chi connectivity index (χ0n) is 12.0. The Bertz CT molecular complexity index is 515. The third kappa shape index (κ3) is 7.25. The van der Waals surface area contributed by atoms with Crippen LogP contribution in [-0.2, 0) is 17.6 Å². The zero-order chi connectivity index (χ0) is 15.5. The summed E-state index contributed by atoms with van der Waals surface area (Å²) in [6.45, 7) is 0.740. The van der Waals surface area contributed by atoms with E-state index in [1.54, 1.807) is 0 Å². The van der Waals surface area contributed by atoms with Crippen LogP contribution in [0.3, 0.4) is 0 Å². The highest BCUT2D eigenvalue weighted by atomic mass is 16.4. The van der Waals surface area contributed by atoms with Crippen LogP contribution in [0.4, 0.5) is 0 Å². The first-order chi connectivity index (χ1) is 10.1. The molecular weight excluding hydrogens is 264 g/mol. The molecule has 2 rings (SSSR count). The van der Waals surface area contributed by atoms with Crippen molar-refractivity contribution in [2.45, 2.75) is 18.9 Å². The fraction of sp³-hybridized carbons (Fsp3) is 0.235. The van der Waals surface area contributed by atoms with E-state index in [4.69, 9.17) is 16.6 Å². The molecule has 0 saturated carbocycles. The van der Waals surface area contributed by atoms with Gasteiger partial charge in [-0.2, -0.15) is 0 Å². The molecule has 0 fully saturated rings. The summed E-state index contributed by atoms with van der Waals surface area (Å²) < 4.78 is 0. The molecule has 5 N–H and O–H groups in total. The monoisotopic (exact) mass is 286 g/mol. The number of hydrogen-bond acceptors (Lipinski definition) is 3. The Morgan fingerprint density at radius 1 is 0.952 bits per heavy atom. The third-order valence-electron chi connectivity index (χ3n) is 2.89. The maximum absolute atomic E-state index is 10.4. The van der Waals surface area contributed by atoms with Gasteiger partial charge in [0.2, 0.25) is 0 Å². The summed E-state index contributed by atoms with van der Waals surface area (Å²) in [5.41, 5.74) is 13.0. The number of benzene rings is 2. The molecular formula is C17H22N2O2. The molecule has 0 amide bonds. The standard InChI is InChI=1S/C9H11NO2.C8H11N/c10-8(9(11)12)6-7-4-2-1-3-5-7;9-7-6-8-4-2-1-3-5-8/h1-5,8H,6,10H2,(H,11,12);1-5H,6-7,9H2/t8-;/m1./s1. The summed E-state index contributed by atoms with van der Waals surface area (Å²) in [7, 11) is 0. The molecule has 2 aromatic carbocycles. The summed E-state index contributed by atoms with van der Waals surface area (Å²) in [4.78, 5) is 10.4. The minimum Gasteiger partial charge on any atom is -0.480 e. The van der Waals surface area contributed by atoms with Crippen molar-refractivity contribution in [3.8, 4) is 0 Å². The molecule has 0 radical (unpaired) electrons. The van der Waals surface area contributed by atoms with Gasteiger partial charge in [0.05, 0.1) is 0 Å². The number of hydrogen-bond donors (Lipinski definition) is 3. The Kier molecular flexibility index (Phi) is 7.79. The smallest absolute Gasteiger partial charge is 0.320 e. The number of rotatable bonds is 5. The SMILES string of the molecule is NCCc1ccccc1.N[C@H](Cc1ccccc1)C(=O)O. The van der Waals surface area contributed by atoms with Gasteiger partial charge >= 0.3 is 5.97 Å². The lowest BCUT2D eigenvalue weighted by Crippen LogP contribution is -2.32. The van der Waals surface area contributed by atoms with Crippen LogP contribution < -0.4 is 11.5 Å². The average Bonchev–Trinajstić information content (AvgIpc) is 2.50. The maximum atomic E-state index is 10.4. The molecule has 0 unspecified atom stereocenters. The quantitative estimate of drug-likeness (QED) is 0.782. The first kappa shape index (κ1) is 16.9. The Labute approximate surface area is 125 Å². The first-order valence-corrected chi connectivity index (χ1v) is 6.89. The first-order valence-electron chi connectivity index (χ1n) is 6.89. The fourth-order valence-electron chi connectivity index (χ4n) is 1.77. The van der Waals surface area contributed by atoms with Gasteiger partial charge in [-0.15, -0.1) is 0 Å². The van der Waals surface area contributed by atoms with Gasteiger partial charge in [0, 0.05) is 0 Å². The lowest BCUT2D eigenvalue weighted by molar-refractivity contribution is -0.138. The molecule has 0 aliphatic rings. The minimum atomic E-state index is -0.959. The van der Waals surface area contributed by atoms with Gasteiger partial charge in [0.1, 0.15) is 6.04 Å². The molecule has 4 heteroatoms. The Morgan fingerprint density at radius 2 is 1.43 bits per heavy atom. The van der Waals surface area contributed by atoms with E-state index in [0.29, 0.717) is 6.42 Å². The maximum Gasteiger partial charge on any atom is 0.320 e. The fourth-order valence-corrected chi connectivity index (χ4v) is 1.77. The van der Waals surface area contributed by atoms with E-state index in [1.165, 1.54) is 5.56 Å². The number of carboxylic acids is 1. The van der Waals surface area contributed by atoms with Crippen LogP contribution in [0.5, 0.6) is 0 Å². The van der Waals surface area contributed by atoms with Crippen molar-refractivity contribution in [2.24, 2.45) is 11.5 Å². The second-order valence-corrected chi connectivity index (χ2v) is 4.66. The number of aliphatic carboxylic acids is 1. The summed E-state index contributed by atoms with van der Waals surface area (Å²) >= 11 is 0. The lowest BCUT2D eigenvalue weighted by atomic mass is 10.1. The van der Waals surface area contributed by atoms with Crippen molar-refractivity contribution in [1.82, 2.24) is 0 Å². The van der Waals surface area contributed by atoms with E-state index >= 15 is 0 Å². The van der Waals surface area contributed by atoms with Crippen molar-refractivity contribution < 1.29 is 9.90 Å². The van der Waals surface area contributed by atoms with Crippen LogP contribution in [0.2, 0.25) is 0 Å². The van der Waals surface area contributed by atoms with Crippen molar-refractivity contribution in [3.63, 3.8) is 0 Å². The van der Waals surface area contributed by atoms with E-state index in [0.717, 1.165) is 18.5 Å². The average molecular weight is 286 g/mol. The largest absolute Gasteiger partial charge is 0.480 e. The van der Waals surface area contributed by atoms with Crippen molar-refractivity contribution >= 4 is 5.97 Å². The predicted molar refractivity (Wildman–Crippen MR) is 85.0 cm³/mol. The van der Waals surface area contributed by atoms with Crippen molar-refractivity contribution in [3.05, 3.63) is 71.8 Å². The molecule has 4 nitrogen and oxygen atoms in total. The van der Waals surface area contributed by atoms with Gasteiger partial charge in [0.15, 0.2) is 0 Å². The highest BCUT2D eigenvalue weighted by Gasteiger charge is 2.10. The molecule has 0 aliphatic carbocycles. The van der Waals surface area contributed by atoms with Crippen LogP contribution in [0, 0.1) is 0 Å². The van der Waals surface area contributed by atoms with E-state index in [-0.39, 0.29) is 0 Å². The van der Waals surface area contributed by atoms with E-state index < -0.39 is 12.0 Å². The molecule has 21 heavy (non-hydrogen) atoms. The third-order valence-corrected chi connectivity index (χ3v) is 2.89. The predicted octanol–water partition coefficient (Wildman–Crippen LogP) is 1.83. The van der Waals surface area contributed by atoms with Gasteiger partial charge in [-0.1, -0.05) is 60.7 Å². The van der Waals surface area contributed by atoms with Crippen molar-refractivity contribution in [1.29, 1.82) is 0 Å². The Balaban J connectivity index is 0.000000219. The van der Waals surface area contributed by atoms with Gasteiger partial charge in [-0.05, 0) is 30.5 Å². The van der Waals surface area contributed by atoms with Crippen LogP contribution in [0.15, 0.2) is 60.7 Å². The van der Waals surface area contributed by atoms with Crippen LogP contribution in [-0.4, -0.2) is 23.7 Å². The summed E-state index contributed by atoms with van der Waals surface area (Å²) in [5, 5.41) is 8.52. The normalized spacial score (nSPS) is 11.1. The topological polar surface area (TPSA) is 89.3 Å². The molecule has 1 atom stereocenters.